The maximum Gasteiger partial charge on any atom is 0.326 e. The summed E-state index contributed by atoms with van der Waals surface area (Å²) in [6.07, 6.45) is 4.57. The number of carbonyl (C=O) groups excluding carboxylic acids is 4. The third-order valence-corrected chi connectivity index (χ3v) is 5.47. The van der Waals surface area contributed by atoms with Gasteiger partial charge in [-0.25, -0.2) is 4.79 Å². The Bertz CT molecular complexity index is 672. The van der Waals surface area contributed by atoms with Crippen LogP contribution in [0.2, 0.25) is 0 Å². The van der Waals surface area contributed by atoms with E-state index in [2.05, 4.69) is 16.0 Å². The van der Waals surface area contributed by atoms with Gasteiger partial charge in [0.25, 0.3) is 0 Å². The number of ketones is 1. The van der Waals surface area contributed by atoms with E-state index in [1.165, 1.54) is 13.8 Å². The van der Waals surface area contributed by atoms with Crippen LogP contribution in [0.25, 0.3) is 0 Å². The van der Waals surface area contributed by atoms with E-state index in [0.29, 0.717) is 19.3 Å². The smallest absolute Gasteiger partial charge is 0.326 e. The molecule has 4 unspecified atom stereocenters. The highest BCUT2D eigenvalue weighted by molar-refractivity contribution is 5.92. The summed E-state index contributed by atoms with van der Waals surface area (Å²) in [5, 5.41) is 26.0. The quantitative estimate of drug-likeness (QED) is 0.141. The largest absolute Gasteiger partial charge is 0.480 e. The van der Waals surface area contributed by atoms with Gasteiger partial charge in [-0.15, -0.1) is 0 Å². The zero-order chi connectivity index (χ0) is 26.1. The number of carboxylic acid groups (broad SMARTS) is 1. The van der Waals surface area contributed by atoms with Crippen LogP contribution in [0.1, 0.15) is 85.0 Å². The number of amides is 3. The first kappa shape index (κ1) is 31.5. The van der Waals surface area contributed by atoms with E-state index in [9.17, 15) is 29.1 Å². The second-order valence-electron chi connectivity index (χ2n) is 8.64. The lowest BCUT2D eigenvalue weighted by molar-refractivity contribution is -0.142. The molecule has 7 N–H and O–H groups in total. The number of rotatable bonds is 19. The molecule has 0 aliphatic rings. The summed E-state index contributed by atoms with van der Waals surface area (Å²) in [7, 11) is 0. The van der Waals surface area contributed by atoms with Crippen molar-refractivity contribution in [3.8, 4) is 0 Å². The van der Waals surface area contributed by atoms with Gasteiger partial charge in [0.2, 0.25) is 17.7 Å². The number of aliphatic carboxylic acids is 1. The summed E-state index contributed by atoms with van der Waals surface area (Å²) in [5.41, 5.74) is 5.68. The number of Topliss-reactive ketones (excluding diaryl/α,β-unsaturated/α-hetero) is 1. The van der Waals surface area contributed by atoms with Gasteiger partial charge in [0.15, 0.2) is 5.78 Å². The van der Waals surface area contributed by atoms with E-state index in [1.807, 2.05) is 6.92 Å². The molecule has 0 aliphatic carbocycles. The molecule has 34 heavy (non-hydrogen) atoms. The van der Waals surface area contributed by atoms with Crippen molar-refractivity contribution in [1.29, 1.82) is 0 Å². The zero-order valence-corrected chi connectivity index (χ0v) is 20.6. The molecule has 0 saturated heterocycles. The highest BCUT2D eigenvalue weighted by Gasteiger charge is 2.25. The van der Waals surface area contributed by atoms with E-state index < -0.39 is 42.0 Å². The summed E-state index contributed by atoms with van der Waals surface area (Å²) >= 11 is 0. The molecule has 11 heteroatoms. The lowest BCUT2D eigenvalue weighted by atomic mass is 10.0. The minimum absolute atomic E-state index is 0.130. The molecule has 0 radical (unpaired) electrons. The Morgan fingerprint density at radius 2 is 1.44 bits per heavy atom. The van der Waals surface area contributed by atoms with Crippen molar-refractivity contribution in [2.75, 3.05) is 6.61 Å². The fourth-order valence-corrected chi connectivity index (χ4v) is 3.14. The van der Waals surface area contributed by atoms with E-state index in [1.54, 1.807) is 0 Å². The van der Waals surface area contributed by atoms with E-state index in [-0.39, 0.29) is 44.0 Å². The standard InChI is InChI=1S/C23H42N4O7/c1-4-5-6-7-11-20(30)27-19(23(33)34)12-13-21(31)26-18(10-8-9-17(24)14-28)22(32)25-15(2)16(3)29/h15,17-19,28H,4-14,24H2,1-3H3,(H,25,32)(H,26,31)(H,27,30)(H,33,34). The summed E-state index contributed by atoms with van der Waals surface area (Å²) in [6, 6.07) is -3.33. The molecule has 0 aromatic rings. The lowest BCUT2D eigenvalue weighted by Gasteiger charge is -2.21. The van der Waals surface area contributed by atoms with Crippen LogP contribution < -0.4 is 21.7 Å². The number of unbranched alkanes of at least 4 members (excludes halogenated alkanes) is 3. The number of hydrogen-bond donors (Lipinski definition) is 6. The van der Waals surface area contributed by atoms with Gasteiger partial charge in [-0.1, -0.05) is 26.2 Å². The number of nitrogens with two attached hydrogens (primary N) is 1. The summed E-state index contributed by atoms with van der Waals surface area (Å²) < 4.78 is 0. The average molecular weight is 487 g/mol. The Morgan fingerprint density at radius 3 is 2.00 bits per heavy atom. The fourth-order valence-electron chi connectivity index (χ4n) is 3.14. The van der Waals surface area contributed by atoms with Gasteiger partial charge in [-0.3, -0.25) is 19.2 Å². The Hall–Kier alpha value is -2.53. The monoisotopic (exact) mass is 486 g/mol. The lowest BCUT2D eigenvalue weighted by Crippen LogP contribution is -2.50. The predicted molar refractivity (Wildman–Crippen MR) is 127 cm³/mol. The molecule has 4 atom stereocenters. The van der Waals surface area contributed by atoms with Crippen molar-refractivity contribution < 1.29 is 34.2 Å². The van der Waals surface area contributed by atoms with E-state index in [0.717, 1.165) is 19.3 Å². The number of carbonyl (C=O) groups is 5. The average Bonchev–Trinajstić information content (AvgIpc) is 2.78. The van der Waals surface area contributed by atoms with Crippen LogP contribution in [-0.2, 0) is 24.0 Å². The second kappa shape index (κ2) is 17.9. The topological polar surface area (TPSA) is 188 Å². The van der Waals surface area contributed by atoms with Gasteiger partial charge >= 0.3 is 5.97 Å². The maximum atomic E-state index is 12.6. The highest BCUT2D eigenvalue weighted by atomic mass is 16.4. The number of hydrogen-bond acceptors (Lipinski definition) is 7. The molecule has 196 valence electrons. The zero-order valence-electron chi connectivity index (χ0n) is 20.6. The molecule has 0 rings (SSSR count). The van der Waals surface area contributed by atoms with Gasteiger partial charge < -0.3 is 31.9 Å². The van der Waals surface area contributed by atoms with Crippen LogP contribution in [-0.4, -0.2) is 70.5 Å². The molecule has 0 aromatic carbocycles. The normalized spacial score (nSPS) is 14.4. The summed E-state index contributed by atoms with van der Waals surface area (Å²) in [5.74, 6) is -2.94. The van der Waals surface area contributed by atoms with Gasteiger partial charge in [-0.2, -0.15) is 0 Å². The molecule has 0 spiro atoms. The van der Waals surface area contributed by atoms with Crippen LogP contribution in [0.4, 0.5) is 0 Å². The predicted octanol–water partition coefficient (Wildman–Crippen LogP) is 0.375. The fraction of sp³-hybridized carbons (Fsp3) is 0.783. The van der Waals surface area contributed by atoms with Crippen LogP contribution in [0.5, 0.6) is 0 Å². The highest BCUT2D eigenvalue weighted by Crippen LogP contribution is 2.07. The minimum Gasteiger partial charge on any atom is -0.480 e. The molecular formula is C23H42N4O7. The molecule has 11 nitrogen and oxygen atoms in total. The molecule has 0 aromatic heterocycles. The first-order valence-corrected chi connectivity index (χ1v) is 12.0. The SMILES string of the molecule is CCCCCCC(=O)NC(CCC(=O)NC(CCCC(N)CO)C(=O)NC(C)C(C)=O)C(=O)O. The van der Waals surface area contributed by atoms with Gasteiger partial charge in [0, 0.05) is 18.9 Å². The molecular weight excluding hydrogens is 444 g/mol. The molecule has 0 saturated carbocycles. The number of nitrogens with one attached hydrogen (secondary N) is 3. The maximum absolute atomic E-state index is 12.6. The Kier molecular flexibility index (Phi) is 16.6. The number of aliphatic hydroxyl groups is 1. The Morgan fingerprint density at radius 1 is 0.824 bits per heavy atom. The second-order valence-corrected chi connectivity index (χ2v) is 8.64. The number of carboxylic acids is 1. The molecule has 0 heterocycles. The van der Waals surface area contributed by atoms with Crippen LogP contribution in [0.15, 0.2) is 0 Å². The summed E-state index contributed by atoms with van der Waals surface area (Å²) in [4.78, 5) is 60.0. The van der Waals surface area contributed by atoms with E-state index in [4.69, 9.17) is 10.8 Å². The van der Waals surface area contributed by atoms with Gasteiger partial charge in [0.05, 0.1) is 12.6 Å². The first-order valence-electron chi connectivity index (χ1n) is 12.0. The van der Waals surface area contributed by atoms with Crippen LogP contribution in [0.3, 0.4) is 0 Å². The summed E-state index contributed by atoms with van der Waals surface area (Å²) in [6.45, 7) is 4.71. The number of aliphatic hydroxyl groups excluding tert-OH is 1. The van der Waals surface area contributed by atoms with Crippen molar-refractivity contribution >= 4 is 29.5 Å². The molecule has 0 bridgehead atoms. The van der Waals surface area contributed by atoms with Gasteiger partial charge in [0.1, 0.15) is 12.1 Å². The van der Waals surface area contributed by atoms with Crippen LogP contribution >= 0.6 is 0 Å². The first-order chi connectivity index (χ1) is 16.0. The van der Waals surface area contributed by atoms with Crippen molar-refractivity contribution in [1.82, 2.24) is 16.0 Å². The minimum atomic E-state index is -1.24. The Labute approximate surface area is 201 Å². The van der Waals surface area contributed by atoms with Gasteiger partial charge in [-0.05, 0) is 46.0 Å². The van der Waals surface area contributed by atoms with Crippen LogP contribution in [0, 0.1) is 0 Å². The third kappa shape index (κ3) is 14.6. The van der Waals surface area contributed by atoms with Crippen molar-refractivity contribution in [2.24, 2.45) is 5.73 Å². The van der Waals surface area contributed by atoms with Crippen molar-refractivity contribution in [3.63, 3.8) is 0 Å². The molecule has 0 aliphatic heterocycles. The Balaban J connectivity index is 4.88. The molecule has 3 amide bonds. The third-order valence-electron chi connectivity index (χ3n) is 5.47. The van der Waals surface area contributed by atoms with Crippen molar-refractivity contribution in [3.05, 3.63) is 0 Å². The molecule has 0 fully saturated rings. The van der Waals surface area contributed by atoms with Crippen molar-refractivity contribution in [2.45, 2.75) is 109 Å². The van der Waals surface area contributed by atoms with E-state index >= 15 is 0 Å².